The van der Waals surface area contributed by atoms with Crippen molar-refractivity contribution in [2.24, 2.45) is 105 Å². The lowest BCUT2D eigenvalue weighted by atomic mass is 9.41. The quantitative estimate of drug-likeness (QED) is 0.127. The highest BCUT2D eigenvalue weighted by Gasteiger charge is 2.66. The van der Waals surface area contributed by atoms with Gasteiger partial charge < -0.3 is 30.6 Å². The Balaban J connectivity index is 0.000000181. The van der Waals surface area contributed by atoms with E-state index in [1.807, 2.05) is 0 Å². The SMILES string of the molecule is CC[C@@H]1C2C[C@H](O)CC[C@]2(C)C2CC[C@@]3(C)C(CC[C@@H]3[C@H](C)CCC(=O)O)C2[C@@H]1O.CC[C@H]1[C@@H](O)C2C3CC[C@H]([C@H](C)CCC(=O)O)[C@@]3(C)CCC2[C@@]2(C)CC[C@@H](O)C[C@@H]12. The van der Waals surface area contributed by atoms with Gasteiger partial charge in [0, 0.05) is 12.8 Å². The van der Waals surface area contributed by atoms with E-state index in [1.54, 1.807) is 0 Å². The highest BCUT2D eigenvalue weighted by atomic mass is 16.4. The largest absolute Gasteiger partial charge is 0.481 e. The number of carbonyl (C=O) groups is 2. The highest BCUT2D eigenvalue weighted by Crippen LogP contribution is 2.71. The molecule has 7 unspecified atom stereocenters. The molecule has 8 aliphatic carbocycles. The van der Waals surface area contributed by atoms with Gasteiger partial charge in [-0.05, 0) is 207 Å². The monoisotopic (exact) mass is 841 g/mol. The average molecular weight is 841 g/mol. The molecule has 22 atom stereocenters. The van der Waals surface area contributed by atoms with Crippen molar-refractivity contribution in [2.45, 2.75) is 208 Å². The van der Waals surface area contributed by atoms with Crippen molar-refractivity contribution in [3.63, 3.8) is 0 Å². The second-order valence-electron chi connectivity index (χ2n) is 24.1. The Labute approximate surface area is 363 Å². The van der Waals surface area contributed by atoms with Crippen LogP contribution in [0.3, 0.4) is 0 Å². The molecule has 0 saturated heterocycles. The highest BCUT2D eigenvalue weighted by molar-refractivity contribution is 5.66. The van der Waals surface area contributed by atoms with Crippen molar-refractivity contribution in [2.75, 3.05) is 0 Å². The molecule has 0 heterocycles. The Kier molecular flexibility index (Phi) is 13.7. The first-order chi connectivity index (χ1) is 28.3. The van der Waals surface area contributed by atoms with Gasteiger partial charge in [0.05, 0.1) is 24.4 Å². The number of fused-ring (bicyclic) bond motifs is 10. The van der Waals surface area contributed by atoms with Crippen LogP contribution >= 0.6 is 0 Å². The van der Waals surface area contributed by atoms with E-state index in [2.05, 4.69) is 55.4 Å². The average Bonchev–Trinajstić information content (AvgIpc) is 3.74. The number of hydrogen-bond donors (Lipinski definition) is 6. The summed E-state index contributed by atoms with van der Waals surface area (Å²) >= 11 is 0. The third-order valence-electron chi connectivity index (χ3n) is 21.9. The summed E-state index contributed by atoms with van der Waals surface area (Å²) in [7, 11) is 0. The molecule has 0 spiro atoms. The van der Waals surface area contributed by atoms with Crippen LogP contribution in [0.2, 0.25) is 0 Å². The van der Waals surface area contributed by atoms with E-state index < -0.39 is 11.9 Å². The molecule has 8 rings (SSSR count). The van der Waals surface area contributed by atoms with E-state index in [0.29, 0.717) is 82.9 Å². The molecule has 0 amide bonds. The number of aliphatic hydroxyl groups excluding tert-OH is 4. The first kappa shape index (κ1) is 46.8. The summed E-state index contributed by atoms with van der Waals surface area (Å²) < 4.78 is 0. The number of aliphatic carboxylic acids is 2. The molecule has 8 heteroatoms. The van der Waals surface area contributed by atoms with E-state index >= 15 is 0 Å². The third-order valence-corrected chi connectivity index (χ3v) is 21.9. The van der Waals surface area contributed by atoms with E-state index in [0.717, 1.165) is 64.2 Å². The predicted octanol–water partition coefficient (Wildman–Crippen LogP) is 10.2. The van der Waals surface area contributed by atoms with E-state index in [4.69, 9.17) is 10.2 Å². The van der Waals surface area contributed by atoms with Gasteiger partial charge in [0.25, 0.3) is 0 Å². The maximum Gasteiger partial charge on any atom is 0.303 e. The fourth-order valence-corrected chi connectivity index (χ4v) is 19.0. The lowest BCUT2D eigenvalue weighted by molar-refractivity contribution is -0.203. The van der Waals surface area contributed by atoms with Gasteiger partial charge in [0.1, 0.15) is 0 Å². The minimum Gasteiger partial charge on any atom is -0.481 e. The first-order valence-electron chi connectivity index (χ1n) is 25.4. The molecule has 0 aromatic rings. The van der Waals surface area contributed by atoms with E-state index in [1.165, 1.54) is 51.4 Å². The lowest BCUT2D eigenvalue weighted by Crippen LogP contribution is -2.62. The number of carboxylic acids is 2. The van der Waals surface area contributed by atoms with Gasteiger partial charge >= 0.3 is 11.9 Å². The summed E-state index contributed by atoms with van der Waals surface area (Å²) in [5, 5.41) is 62.5. The lowest BCUT2D eigenvalue weighted by Gasteiger charge is -2.64. The van der Waals surface area contributed by atoms with Gasteiger partial charge in [0.15, 0.2) is 0 Å². The van der Waals surface area contributed by atoms with Crippen molar-refractivity contribution in [1.29, 1.82) is 0 Å². The number of carboxylic acid groups (broad SMARTS) is 2. The summed E-state index contributed by atoms with van der Waals surface area (Å²) in [4.78, 5) is 22.2. The molecule has 0 radical (unpaired) electrons. The zero-order chi connectivity index (χ0) is 43.7. The van der Waals surface area contributed by atoms with Crippen LogP contribution in [0.5, 0.6) is 0 Å². The second kappa shape index (κ2) is 17.6. The fourth-order valence-electron chi connectivity index (χ4n) is 19.0. The zero-order valence-electron chi connectivity index (χ0n) is 39.0. The molecule has 8 fully saturated rings. The van der Waals surface area contributed by atoms with Crippen molar-refractivity contribution < 1.29 is 40.2 Å². The number of rotatable bonds is 10. The minimum absolute atomic E-state index is 0.194. The standard InChI is InChI=1S/2C26H44O4/c2*1-5-17-21-14-16(27)10-12-26(21,4)20-11-13-25(3)18(15(2)6-9-22(28)29)7-8-19(25)23(20)24(17)30/h2*15-21,23-24,27,30H,5-14H2,1-4H3,(H,28,29)/t15-,16-,17-,18-,19?,20?,21?,23?,24-,25-,26-;15-,16-,17-,18-,19?,20?,21+,23?,24-,25-,26-/m11/s1. The molecular weight excluding hydrogens is 753 g/mol. The van der Waals surface area contributed by atoms with Crippen molar-refractivity contribution in [3.8, 4) is 0 Å². The van der Waals surface area contributed by atoms with Gasteiger partial charge in [0.2, 0.25) is 0 Å². The van der Waals surface area contributed by atoms with Gasteiger partial charge in [-0.2, -0.15) is 0 Å². The molecule has 6 N–H and O–H groups in total. The third kappa shape index (κ3) is 7.77. The molecule has 8 nitrogen and oxygen atoms in total. The van der Waals surface area contributed by atoms with Crippen molar-refractivity contribution in [1.82, 2.24) is 0 Å². The molecule has 344 valence electrons. The Morgan fingerprint density at radius 2 is 0.833 bits per heavy atom. The normalized spacial score (nSPS) is 51.5. The fraction of sp³-hybridized carbons (Fsp3) is 0.962. The van der Waals surface area contributed by atoms with E-state index in [9.17, 15) is 30.0 Å². The summed E-state index contributed by atoms with van der Waals surface area (Å²) in [6, 6.07) is 0. The molecule has 0 aromatic heterocycles. The maximum atomic E-state index is 11.7. The molecule has 8 saturated carbocycles. The molecule has 8 aliphatic rings. The number of aliphatic hydroxyl groups is 4. The van der Waals surface area contributed by atoms with Gasteiger partial charge in [-0.1, -0.05) is 68.2 Å². The molecule has 0 aromatic carbocycles. The molecule has 0 bridgehead atoms. The smallest absolute Gasteiger partial charge is 0.303 e. The number of hydrogen-bond acceptors (Lipinski definition) is 6. The van der Waals surface area contributed by atoms with Gasteiger partial charge in [-0.25, -0.2) is 0 Å². The molecule has 0 aliphatic heterocycles. The Bertz CT molecular complexity index is 1410. The van der Waals surface area contributed by atoms with Crippen LogP contribution in [0.25, 0.3) is 0 Å². The molecule has 60 heavy (non-hydrogen) atoms. The topological polar surface area (TPSA) is 156 Å². The van der Waals surface area contributed by atoms with Crippen LogP contribution in [-0.4, -0.2) is 67.0 Å². The predicted molar refractivity (Wildman–Crippen MR) is 236 cm³/mol. The van der Waals surface area contributed by atoms with Gasteiger partial charge in [-0.15, -0.1) is 0 Å². The Morgan fingerprint density at radius 1 is 0.500 bits per heavy atom. The van der Waals surface area contributed by atoms with Gasteiger partial charge in [-0.3, -0.25) is 9.59 Å². The summed E-state index contributed by atoms with van der Waals surface area (Å²) in [6.45, 7) is 18.9. The maximum absolute atomic E-state index is 11.7. The van der Waals surface area contributed by atoms with Crippen molar-refractivity contribution >= 4 is 11.9 Å². The first-order valence-corrected chi connectivity index (χ1v) is 25.4. The summed E-state index contributed by atoms with van der Waals surface area (Å²) in [6.07, 6.45) is 18.5. The molecular formula is C52H88O8. The van der Waals surface area contributed by atoms with Crippen LogP contribution in [0.1, 0.15) is 184 Å². The minimum atomic E-state index is -0.683. The summed E-state index contributed by atoms with van der Waals surface area (Å²) in [5.74, 6) is 5.15. The Morgan fingerprint density at radius 3 is 1.17 bits per heavy atom. The summed E-state index contributed by atoms with van der Waals surface area (Å²) in [5.41, 5.74) is 0.960. The zero-order valence-corrected chi connectivity index (χ0v) is 39.0. The van der Waals surface area contributed by atoms with Crippen LogP contribution < -0.4 is 0 Å². The van der Waals surface area contributed by atoms with Crippen LogP contribution in [0.4, 0.5) is 0 Å². The second-order valence-corrected chi connectivity index (χ2v) is 24.1. The van der Waals surface area contributed by atoms with E-state index in [-0.39, 0.29) is 58.9 Å². The Hall–Kier alpha value is -1.22. The van der Waals surface area contributed by atoms with Crippen molar-refractivity contribution in [3.05, 3.63) is 0 Å². The van der Waals surface area contributed by atoms with Crippen LogP contribution in [0.15, 0.2) is 0 Å². The van der Waals surface area contributed by atoms with Crippen LogP contribution in [0, 0.1) is 105 Å². The van der Waals surface area contributed by atoms with Crippen LogP contribution in [-0.2, 0) is 9.59 Å².